The first-order chi connectivity index (χ1) is 16.9. The Hall–Kier alpha value is -3.74. The highest BCUT2D eigenvalue weighted by atomic mass is 16.5. The van der Waals surface area contributed by atoms with Gasteiger partial charge in [0, 0.05) is 18.7 Å². The molecule has 3 atom stereocenters. The van der Waals surface area contributed by atoms with Gasteiger partial charge >= 0.3 is 5.97 Å². The molecule has 2 aromatic rings. The first-order valence-electron chi connectivity index (χ1n) is 12.1. The molecular weight excluding hydrogens is 444 g/mol. The van der Waals surface area contributed by atoms with Gasteiger partial charge in [0.15, 0.2) is 0 Å². The Morgan fingerprint density at radius 1 is 0.971 bits per heavy atom. The fraction of sp³-hybridized carbons (Fsp3) is 0.357. The van der Waals surface area contributed by atoms with Crippen LogP contribution in [0.2, 0.25) is 0 Å². The molecule has 0 bridgehead atoms. The molecule has 2 heterocycles. The predicted molar refractivity (Wildman–Crippen MR) is 131 cm³/mol. The Kier molecular flexibility index (Phi) is 6.01. The Balaban J connectivity index is 1.29. The number of allylic oxidation sites excluding steroid dienone is 2. The summed E-state index contributed by atoms with van der Waals surface area (Å²) in [6.45, 7) is 4.10. The number of para-hydroxylation sites is 1. The van der Waals surface area contributed by atoms with Crippen molar-refractivity contribution >= 4 is 35.1 Å². The molecule has 7 heteroatoms. The summed E-state index contributed by atoms with van der Waals surface area (Å²) < 4.78 is 5.62. The van der Waals surface area contributed by atoms with Crippen molar-refractivity contribution in [2.75, 3.05) is 16.3 Å². The van der Waals surface area contributed by atoms with Gasteiger partial charge < -0.3 is 9.64 Å². The standard InChI is InChI=1S/C28H28N2O5/c1-3-18-8-4-7-11-24(18)29-16-19(15-25(29)31)28(34)35-20-12-13-23(17(2)14-20)30-26(32)21-9-5-6-10-22(21)27(30)33/h4-8,11-14,19,21-22H,3,9-10,15-16H2,1-2H3/t19-,21-,22+/m0/s1. The van der Waals surface area contributed by atoms with E-state index in [2.05, 4.69) is 0 Å². The van der Waals surface area contributed by atoms with Crippen molar-refractivity contribution in [2.45, 2.75) is 39.5 Å². The van der Waals surface area contributed by atoms with Gasteiger partial charge in [0.05, 0.1) is 23.4 Å². The quantitative estimate of drug-likeness (QED) is 0.285. The van der Waals surface area contributed by atoms with E-state index in [1.807, 2.05) is 43.3 Å². The van der Waals surface area contributed by atoms with E-state index in [9.17, 15) is 19.2 Å². The second-order valence-corrected chi connectivity index (χ2v) is 9.42. The maximum absolute atomic E-state index is 12.9. The summed E-state index contributed by atoms with van der Waals surface area (Å²) in [4.78, 5) is 54.3. The number of carbonyl (C=O) groups is 4. The first-order valence-corrected chi connectivity index (χ1v) is 12.1. The lowest BCUT2D eigenvalue weighted by Crippen LogP contribution is -2.31. The molecule has 0 saturated carbocycles. The molecule has 1 aliphatic carbocycles. The van der Waals surface area contributed by atoms with Crippen LogP contribution in [0.3, 0.4) is 0 Å². The van der Waals surface area contributed by atoms with Gasteiger partial charge in [0.2, 0.25) is 17.7 Å². The minimum atomic E-state index is -0.565. The van der Waals surface area contributed by atoms with Crippen LogP contribution in [0.5, 0.6) is 5.75 Å². The Labute approximate surface area is 204 Å². The highest BCUT2D eigenvalue weighted by Gasteiger charge is 2.48. The summed E-state index contributed by atoms with van der Waals surface area (Å²) in [6, 6.07) is 12.6. The number of anilines is 2. The van der Waals surface area contributed by atoms with E-state index in [1.165, 1.54) is 4.90 Å². The van der Waals surface area contributed by atoms with Gasteiger partial charge in [-0.2, -0.15) is 0 Å². The molecule has 0 N–H and O–H groups in total. The number of imide groups is 1. The van der Waals surface area contributed by atoms with Crippen LogP contribution < -0.4 is 14.5 Å². The minimum absolute atomic E-state index is 0.0959. The van der Waals surface area contributed by atoms with Gasteiger partial charge in [0.1, 0.15) is 5.75 Å². The summed E-state index contributed by atoms with van der Waals surface area (Å²) in [5.74, 6) is -1.74. The van der Waals surface area contributed by atoms with E-state index in [0.717, 1.165) is 17.7 Å². The normalized spacial score (nSPS) is 23.7. The Morgan fingerprint density at radius 3 is 2.31 bits per heavy atom. The highest BCUT2D eigenvalue weighted by Crippen LogP contribution is 2.39. The van der Waals surface area contributed by atoms with E-state index < -0.39 is 11.9 Å². The number of hydrogen-bond donors (Lipinski definition) is 0. The molecule has 0 unspecified atom stereocenters. The van der Waals surface area contributed by atoms with Crippen LogP contribution in [0.4, 0.5) is 11.4 Å². The zero-order valence-electron chi connectivity index (χ0n) is 19.9. The lowest BCUT2D eigenvalue weighted by atomic mass is 9.85. The average molecular weight is 473 g/mol. The van der Waals surface area contributed by atoms with Crippen molar-refractivity contribution < 1.29 is 23.9 Å². The topological polar surface area (TPSA) is 84.0 Å². The first kappa shape index (κ1) is 23.0. The van der Waals surface area contributed by atoms with E-state index >= 15 is 0 Å². The lowest BCUT2D eigenvalue weighted by molar-refractivity contribution is -0.139. The van der Waals surface area contributed by atoms with Crippen molar-refractivity contribution in [2.24, 2.45) is 17.8 Å². The fourth-order valence-corrected chi connectivity index (χ4v) is 5.35. The summed E-state index contributed by atoms with van der Waals surface area (Å²) in [5.41, 5.74) is 3.09. The summed E-state index contributed by atoms with van der Waals surface area (Å²) in [6.07, 6.45) is 5.98. The third-order valence-electron chi connectivity index (χ3n) is 7.26. The van der Waals surface area contributed by atoms with Gasteiger partial charge in [0.25, 0.3) is 0 Å². The molecular formula is C28H28N2O5. The largest absolute Gasteiger partial charge is 0.426 e. The van der Waals surface area contributed by atoms with Crippen LogP contribution in [-0.2, 0) is 25.6 Å². The monoisotopic (exact) mass is 472 g/mol. The van der Waals surface area contributed by atoms with Crippen LogP contribution in [0.15, 0.2) is 54.6 Å². The second-order valence-electron chi connectivity index (χ2n) is 9.42. The van der Waals surface area contributed by atoms with Crippen LogP contribution in [0.1, 0.15) is 37.3 Å². The molecule has 0 radical (unpaired) electrons. The molecule has 2 fully saturated rings. The Bertz CT molecular complexity index is 1220. The second kappa shape index (κ2) is 9.13. The SMILES string of the molecule is CCc1ccccc1N1C[C@@H](C(=O)Oc2ccc(N3C(=O)[C@H]4CC=CC[C@H]4C3=O)c(C)c2)CC1=O. The number of hydrogen-bond acceptors (Lipinski definition) is 5. The van der Waals surface area contributed by atoms with Crippen LogP contribution >= 0.6 is 0 Å². The van der Waals surface area contributed by atoms with Crippen molar-refractivity contribution in [3.8, 4) is 5.75 Å². The number of ether oxygens (including phenoxy) is 1. The van der Waals surface area contributed by atoms with Crippen LogP contribution in [0.25, 0.3) is 0 Å². The minimum Gasteiger partial charge on any atom is -0.426 e. The highest BCUT2D eigenvalue weighted by molar-refractivity contribution is 6.22. The van der Waals surface area contributed by atoms with Gasteiger partial charge in [-0.25, -0.2) is 4.90 Å². The van der Waals surface area contributed by atoms with Crippen LogP contribution in [-0.4, -0.2) is 30.2 Å². The van der Waals surface area contributed by atoms with Gasteiger partial charge in [-0.3, -0.25) is 19.2 Å². The van der Waals surface area contributed by atoms with Gasteiger partial charge in [-0.1, -0.05) is 37.3 Å². The third-order valence-corrected chi connectivity index (χ3v) is 7.26. The van der Waals surface area contributed by atoms with E-state index in [1.54, 1.807) is 30.0 Å². The summed E-state index contributed by atoms with van der Waals surface area (Å²) in [7, 11) is 0. The number of benzene rings is 2. The molecule has 7 nitrogen and oxygen atoms in total. The predicted octanol–water partition coefficient (Wildman–Crippen LogP) is 3.97. The van der Waals surface area contributed by atoms with Crippen LogP contribution in [0, 0.1) is 24.7 Å². The molecule has 2 saturated heterocycles. The number of fused-ring (bicyclic) bond motifs is 1. The average Bonchev–Trinajstić information content (AvgIpc) is 3.37. The van der Waals surface area contributed by atoms with E-state index in [-0.39, 0.29) is 42.5 Å². The third kappa shape index (κ3) is 4.05. The number of carbonyl (C=O) groups excluding carboxylic acids is 4. The molecule has 0 aromatic heterocycles. The maximum Gasteiger partial charge on any atom is 0.316 e. The molecule has 3 aliphatic rings. The summed E-state index contributed by atoms with van der Waals surface area (Å²) >= 11 is 0. The fourth-order valence-electron chi connectivity index (χ4n) is 5.35. The molecule has 35 heavy (non-hydrogen) atoms. The van der Waals surface area contributed by atoms with Gasteiger partial charge in [-0.15, -0.1) is 0 Å². The number of aryl methyl sites for hydroxylation is 2. The van der Waals surface area contributed by atoms with E-state index in [0.29, 0.717) is 29.8 Å². The smallest absolute Gasteiger partial charge is 0.316 e. The number of nitrogens with zero attached hydrogens (tertiary/aromatic N) is 2. The zero-order chi connectivity index (χ0) is 24.7. The Morgan fingerprint density at radius 2 is 1.66 bits per heavy atom. The van der Waals surface area contributed by atoms with E-state index in [4.69, 9.17) is 4.74 Å². The number of amides is 3. The van der Waals surface area contributed by atoms with Crippen molar-refractivity contribution in [1.29, 1.82) is 0 Å². The molecule has 2 aromatic carbocycles. The molecule has 2 aliphatic heterocycles. The summed E-state index contributed by atoms with van der Waals surface area (Å²) in [5, 5.41) is 0. The molecule has 180 valence electrons. The van der Waals surface area contributed by atoms with Crippen molar-refractivity contribution in [3.05, 3.63) is 65.7 Å². The zero-order valence-corrected chi connectivity index (χ0v) is 19.9. The number of rotatable bonds is 5. The molecule has 5 rings (SSSR count). The van der Waals surface area contributed by atoms with Gasteiger partial charge in [-0.05, 0) is 61.6 Å². The van der Waals surface area contributed by atoms with Crippen molar-refractivity contribution in [1.82, 2.24) is 0 Å². The molecule has 3 amide bonds. The lowest BCUT2D eigenvalue weighted by Gasteiger charge is -2.20. The maximum atomic E-state index is 12.9. The molecule has 0 spiro atoms. The van der Waals surface area contributed by atoms with Crippen molar-refractivity contribution in [3.63, 3.8) is 0 Å². The number of esters is 1.